The number of esters is 1. The number of ether oxygens (including phenoxy) is 2. The van der Waals surface area contributed by atoms with Gasteiger partial charge in [0.25, 0.3) is 0 Å². The van der Waals surface area contributed by atoms with Crippen molar-refractivity contribution in [3.05, 3.63) is 96.1 Å². The lowest BCUT2D eigenvalue weighted by atomic mass is 9.98. The van der Waals surface area contributed by atoms with Crippen molar-refractivity contribution in [2.45, 2.75) is 19.4 Å². The highest BCUT2D eigenvalue weighted by Gasteiger charge is 2.25. The van der Waals surface area contributed by atoms with Gasteiger partial charge in [-0.25, -0.2) is 4.79 Å². The lowest BCUT2D eigenvalue weighted by molar-refractivity contribution is 0.0709. The quantitative estimate of drug-likeness (QED) is 0.475. The molecule has 0 aliphatic rings. The predicted octanol–water partition coefficient (Wildman–Crippen LogP) is 5.22. The van der Waals surface area contributed by atoms with Gasteiger partial charge in [0.1, 0.15) is 22.7 Å². The van der Waals surface area contributed by atoms with Crippen LogP contribution in [0.25, 0.3) is 0 Å². The Kier molecular flexibility index (Phi) is 4.85. The minimum atomic E-state index is -0.579. The Morgan fingerprint density at radius 3 is 2.00 bits per heavy atom. The van der Waals surface area contributed by atoms with E-state index in [-0.39, 0.29) is 0 Å². The van der Waals surface area contributed by atoms with Gasteiger partial charge in [-0.3, -0.25) is 0 Å². The topological polar surface area (TPSA) is 35.5 Å². The molecule has 0 amide bonds. The van der Waals surface area contributed by atoms with Crippen LogP contribution >= 0.6 is 0 Å². The highest BCUT2D eigenvalue weighted by Crippen LogP contribution is 2.30. The molecule has 0 saturated carbocycles. The minimum absolute atomic E-state index is 0.398. The van der Waals surface area contributed by atoms with E-state index < -0.39 is 11.6 Å². The number of benzene rings is 3. The Morgan fingerprint density at radius 1 is 0.760 bits per heavy atom. The molecular formula is C22H20O3. The van der Waals surface area contributed by atoms with Crippen LogP contribution in [0.3, 0.4) is 0 Å². The van der Waals surface area contributed by atoms with Gasteiger partial charge < -0.3 is 9.47 Å². The second-order valence-corrected chi connectivity index (χ2v) is 6.18. The molecular weight excluding hydrogens is 312 g/mol. The van der Waals surface area contributed by atoms with Gasteiger partial charge in [0.2, 0.25) is 0 Å². The van der Waals surface area contributed by atoms with Gasteiger partial charge in [-0.15, -0.1) is 0 Å². The van der Waals surface area contributed by atoms with E-state index in [0.717, 1.165) is 5.56 Å². The Hall–Kier alpha value is -3.07. The third-order valence-electron chi connectivity index (χ3n) is 3.89. The molecule has 0 unspecified atom stereocenters. The van der Waals surface area contributed by atoms with Crippen molar-refractivity contribution in [3.63, 3.8) is 0 Å². The second kappa shape index (κ2) is 7.22. The van der Waals surface area contributed by atoms with E-state index in [1.54, 1.807) is 30.3 Å². The van der Waals surface area contributed by atoms with Crippen LogP contribution in [-0.2, 0) is 5.60 Å². The van der Waals surface area contributed by atoms with Crippen molar-refractivity contribution in [2.24, 2.45) is 0 Å². The summed E-state index contributed by atoms with van der Waals surface area (Å²) >= 11 is 0. The second-order valence-electron chi connectivity index (χ2n) is 6.18. The van der Waals surface area contributed by atoms with Gasteiger partial charge in [-0.2, -0.15) is 0 Å². The lowest BCUT2D eigenvalue weighted by Gasteiger charge is -2.28. The molecule has 0 heterocycles. The molecule has 3 heteroatoms. The summed E-state index contributed by atoms with van der Waals surface area (Å²) < 4.78 is 11.6. The summed E-state index contributed by atoms with van der Waals surface area (Å²) in [6, 6.07) is 26.1. The molecule has 0 radical (unpaired) electrons. The molecule has 0 aromatic heterocycles. The van der Waals surface area contributed by atoms with Crippen molar-refractivity contribution in [1.29, 1.82) is 0 Å². The molecule has 0 atom stereocenters. The smallest absolute Gasteiger partial charge is 0.347 e. The normalized spacial score (nSPS) is 11.0. The van der Waals surface area contributed by atoms with E-state index in [9.17, 15) is 4.79 Å². The zero-order chi connectivity index (χ0) is 17.7. The molecule has 0 aliphatic heterocycles. The van der Waals surface area contributed by atoms with Crippen molar-refractivity contribution in [2.75, 3.05) is 0 Å². The first-order chi connectivity index (χ1) is 12.1. The van der Waals surface area contributed by atoms with Gasteiger partial charge in [-0.05, 0) is 43.7 Å². The Bertz CT molecular complexity index is 839. The van der Waals surface area contributed by atoms with Crippen molar-refractivity contribution in [3.8, 4) is 11.5 Å². The average molecular weight is 332 g/mol. The Labute approximate surface area is 147 Å². The third-order valence-corrected chi connectivity index (χ3v) is 3.89. The molecule has 0 spiro atoms. The molecule has 0 N–H and O–H groups in total. The summed E-state index contributed by atoms with van der Waals surface area (Å²) in [5, 5.41) is 0. The van der Waals surface area contributed by atoms with E-state index in [2.05, 4.69) is 0 Å². The summed E-state index contributed by atoms with van der Waals surface area (Å²) in [6.45, 7) is 3.95. The van der Waals surface area contributed by atoms with Crippen LogP contribution in [0, 0.1) is 0 Å². The first-order valence-electron chi connectivity index (χ1n) is 8.17. The summed E-state index contributed by atoms with van der Waals surface area (Å²) in [6.07, 6.45) is 0. The molecule has 0 bridgehead atoms. The van der Waals surface area contributed by atoms with Crippen LogP contribution in [0.1, 0.15) is 29.8 Å². The van der Waals surface area contributed by atoms with E-state index in [1.165, 1.54) is 0 Å². The molecule has 25 heavy (non-hydrogen) atoms. The average Bonchev–Trinajstić information content (AvgIpc) is 2.63. The van der Waals surface area contributed by atoms with Crippen molar-refractivity contribution >= 4 is 5.97 Å². The maximum Gasteiger partial charge on any atom is 0.347 e. The zero-order valence-electron chi connectivity index (χ0n) is 14.3. The fourth-order valence-electron chi connectivity index (χ4n) is 2.55. The van der Waals surface area contributed by atoms with Crippen LogP contribution in [0.2, 0.25) is 0 Å². The number of hydrogen-bond acceptors (Lipinski definition) is 3. The van der Waals surface area contributed by atoms with Gasteiger partial charge in [0.15, 0.2) is 0 Å². The molecule has 126 valence electrons. The van der Waals surface area contributed by atoms with Gasteiger partial charge in [0, 0.05) is 0 Å². The molecule has 3 nitrogen and oxygen atoms in total. The van der Waals surface area contributed by atoms with Crippen LogP contribution in [-0.4, -0.2) is 5.97 Å². The first kappa shape index (κ1) is 16.8. The highest BCUT2D eigenvalue weighted by atomic mass is 16.5. The fraction of sp³-hybridized carbons (Fsp3) is 0.136. The number of carbonyl (C=O) groups is 1. The molecule has 0 aliphatic carbocycles. The molecule has 3 aromatic rings. The zero-order valence-corrected chi connectivity index (χ0v) is 14.3. The van der Waals surface area contributed by atoms with Crippen LogP contribution in [0.4, 0.5) is 0 Å². The molecule has 3 aromatic carbocycles. The Morgan fingerprint density at radius 2 is 1.32 bits per heavy atom. The standard InChI is InChI=1S/C22H20O3/c1-22(2,17-11-5-3-6-12-17)25-20-16-10-9-15-19(20)21(23)24-18-13-7-4-8-14-18/h3-16H,1-2H3. The SMILES string of the molecule is CC(C)(Oc1ccccc1C(=O)Oc1ccccc1)c1ccccc1. The fourth-order valence-corrected chi connectivity index (χ4v) is 2.55. The third kappa shape index (κ3) is 4.07. The maximum atomic E-state index is 12.6. The van der Waals surface area contributed by atoms with E-state index in [0.29, 0.717) is 17.1 Å². The van der Waals surface area contributed by atoms with Crippen molar-refractivity contribution in [1.82, 2.24) is 0 Å². The van der Waals surface area contributed by atoms with Gasteiger partial charge >= 0.3 is 5.97 Å². The Balaban J connectivity index is 1.85. The molecule has 3 rings (SSSR count). The van der Waals surface area contributed by atoms with E-state index in [1.807, 2.05) is 68.4 Å². The largest absolute Gasteiger partial charge is 0.482 e. The number of carbonyl (C=O) groups excluding carboxylic acids is 1. The monoisotopic (exact) mass is 332 g/mol. The molecule has 0 saturated heterocycles. The number of para-hydroxylation sites is 2. The number of rotatable bonds is 5. The van der Waals surface area contributed by atoms with Gasteiger partial charge in [-0.1, -0.05) is 60.7 Å². The molecule has 0 fully saturated rings. The predicted molar refractivity (Wildman–Crippen MR) is 97.9 cm³/mol. The van der Waals surface area contributed by atoms with Crippen LogP contribution in [0.5, 0.6) is 11.5 Å². The number of hydrogen-bond donors (Lipinski definition) is 0. The minimum Gasteiger partial charge on any atom is -0.482 e. The first-order valence-corrected chi connectivity index (χ1v) is 8.17. The summed E-state index contributed by atoms with van der Waals surface area (Å²) in [5.74, 6) is 0.563. The van der Waals surface area contributed by atoms with Gasteiger partial charge in [0.05, 0.1) is 0 Å². The summed E-state index contributed by atoms with van der Waals surface area (Å²) in [7, 11) is 0. The van der Waals surface area contributed by atoms with Crippen LogP contribution in [0.15, 0.2) is 84.9 Å². The van der Waals surface area contributed by atoms with Crippen molar-refractivity contribution < 1.29 is 14.3 Å². The summed E-state index contributed by atoms with van der Waals surface area (Å²) in [4.78, 5) is 12.6. The lowest BCUT2D eigenvalue weighted by Crippen LogP contribution is -2.26. The van der Waals surface area contributed by atoms with E-state index in [4.69, 9.17) is 9.47 Å². The maximum absolute atomic E-state index is 12.6. The van der Waals surface area contributed by atoms with Crippen LogP contribution < -0.4 is 9.47 Å². The highest BCUT2D eigenvalue weighted by molar-refractivity contribution is 5.94. The van der Waals surface area contributed by atoms with E-state index >= 15 is 0 Å². The summed E-state index contributed by atoms with van der Waals surface area (Å²) in [5.41, 5.74) is 0.848.